The van der Waals surface area contributed by atoms with E-state index < -0.39 is 5.97 Å². The van der Waals surface area contributed by atoms with Crippen molar-refractivity contribution in [2.75, 3.05) is 12.0 Å². The minimum atomic E-state index is -0.412. The number of methoxy groups -OCH3 is 1. The number of carbonyl (C=O) groups is 2. The van der Waals surface area contributed by atoms with Crippen molar-refractivity contribution < 1.29 is 14.3 Å². The van der Waals surface area contributed by atoms with Crippen LogP contribution in [0.2, 0.25) is 0 Å². The largest absolute Gasteiger partial charge is 0.465 e. The molecule has 6 nitrogen and oxygen atoms in total. The number of ether oxygens (including phenoxy) is 1. The Morgan fingerprint density at radius 3 is 2.21 bits per heavy atom. The van der Waals surface area contributed by atoms with Crippen molar-refractivity contribution >= 4 is 44.8 Å². The minimum absolute atomic E-state index is 0.0329. The van der Waals surface area contributed by atoms with E-state index in [1.54, 1.807) is 17.2 Å². The molecule has 0 aliphatic heterocycles. The molecule has 4 rings (SSSR count). The first kappa shape index (κ1) is 18.8. The molecule has 2 aromatic carbocycles. The number of thiophene rings is 1. The van der Waals surface area contributed by atoms with E-state index in [9.17, 15) is 9.59 Å². The highest BCUT2D eigenvalue weighted by Gasteiger charge is 2.20. The monoisotopic (exact) mass is 403 g/mol. The maximum Gasteiger partial charge on any atom is 0.348 e. The van der Waals surface area contributed by atoms with Crippen molar-refractivity contribution in [3.63, 3.8) is 0 Å². The molecule has 0 aliphatic rings. The van der Waals surface area contributed by atoms with Crippen LogP contribution in [0.1, 0.15) is 15.5 Å². The lowest BCUT2D eigenvalue weighted by atomic mass is 10.2. The topological polar surface area (TPSA) is 72.4 Å². The average Bonchev–Trinajstić information content (AvgIpc) is 3.18. The molecule has 0 N–H and O–H groups in total. The van der Waals surface area contributed by atoms with Gasteiger partial charge in [-0.05, 0) is 30.3 Å². The number of amides is 1. The Balaban J connectivity index is 1.64. The van der Waals surface area contributed by atoms with E-state index in [0.29, 0.717) is 15.5 Å². The summed E-state index contributed by atoms with van der Waals surface area (Å²) >= 11 is 1.22. The highest BCUT2D eigenvalue weighted by Crippen LogP contribution is 2.27. The summed E-state index contributed by atoms with van der Waals surface area (Å²) in [4.78, 5) is 36.5. The minimum Gasteiger partial charge on any atom is -0.465 e. The van der Waals surface area contributed by atoms with E-state index in [-0.39, 0.29) is 12.3 Å². The molecule has 0 spiro atoms. The van der Waals surface area contributed by atoms with Gasteiger partial charge in [0.05, 0.1) is 13.5 Å². The van der Waals surface area contributed by atoms with Gasteiger partial charge in [-0.2, -0.15) is 0 Å². The summed E-state index contributed by atoms with van der Waals surface area (Å²) in [5, 5.41) is 0.745. The molecule has 2 heterocycles. The SMILES string of the molecule is COC(=O)c1cc2cnc(CC(=O)N(c3ccccc3)c3ccccc3)nc2s1. The van der Waals surface area contributed by atoms with E-state index in [1.165, 1.54) is 18.4 Å². The molecule has 0 atom stereocenters. The van der Waals surface area contributed by atoms with Gasteiger partial charge in [-0.15, -0.1) is 11.3 Å². The summed E-state index contributed by atoms with van der Waals surface area (Å²) in [7, 11) is 1.34. The fraction of sp³-hybridized carbons (Fsp3) is 0.0909. The number of aromatic nitrogens is 2. The summed E-state index contributed by atoms with van der Waals surface area (Å²) in [5.41, 5.74) is 1.54. The maximum absolute atomic E-state index is 13.2. The predicted molar refractivity (Wildman–Crippen MR) is 112 cm³/mol. The third-order valence-electron chi connectivity index (χ3n) is 4.30. The van der Waals surface area contributed by atoms with E-state index >= 15 is 0 Å². The molecule has 144 valence electrons. The van der Waals surface area contributed by atoms with E-state index in [0.717, 1.165) is 16.8 Å². The van der Waals surface area contributed by atoms with Crippen LogP contribution in [0.25, 0.3) is 10.2 Å². The van der Waals surface area contributed by atoms with Gasteiger partial charge in [0, 0.05) is 23.0 Å². The number of anilines is 2. The lowest BCUT2D eigenvalue weighted by Gasteiger charge is -2.22. The Hall–Kier alpha value is -3.58. The number of carbonyl (C=O) groups excluding carboxylic acids is 2. The first-order chi connectivity index (χ1) is 14.2. The smallest absolute Gasteiger partial charge is 0.348 e. The zero-order valence-corrected chi connectivity index (χ0v) is 16.4. The zero-order chi connectivity index (χ0) is 20.2. The molecule has 29 heavy (non-hydrogen) atoms. The Labute approximate surface area is 171 Å². The molecule has 0 aliphatic carbocycles. The highest BCUT2D eigenvalue weighted by atomic mass is 32.1. The molecule has 0 radical (unpaired) electrons. The second kappa shape index (κ2) is 8.20. The van der Waals surface area contributed by atoms with Gasteiger partial charge in [-0.25, -0.2) is 14.8 Å². The first-order valence-corrected chi connectivity index (χ1v) is 9.74. The summed E-state index contributed by atoms with van der Waals surface area (Å²) in [6, 6.07) is 20.6. The molecule has 0 saturated heterocycles. The molecular weight excluding hydrogens is 386 g/mol. The van der Waals surface area contributed by atoms with E-state index in [4.69, 9.17) is 4.74 Å². The van der Waals surface area contributed by atoms with Crippen molar-refractivity contribution in [2.45, 2.75) is 6.42 Å². The van der Waals surface area contributed by atoms with Crippen LogP contribution in [0, 0.1) is 0 Å². The van der Waals surface area contributed by atoms with Gasteiger partial charge in [-0.3, -0.25) is 9.69 Å². The average molecular weight is 403 g/mol. The quantitative estimate of drug-likeness (QED) is 0.462. The van der Waals surface area contributed by atoms with Crippen LogP contribution in [0.15, 0.2) is 72.9 Å². The Kier molecular flexibility index (Phi) is 5.31. The summed E-state index contributed by atoms with van der Waals surface area (Å²) in [6.07, 6.45) is 1.66. The normalized spacial score (nSPS) is 10.7. The number of hydrogen-bond acceptors (Lipinski definition) is 6. The Bertz CT molecular complexity index is 1120. The summed E-state index contributed by atoms with van der Waals surface area (Å²) < 4.78 is 4.75. The van der Waals surface area contributed by atoms with Gasteiger partial charge in [-0.1, -0.05) is 36.4 Å². The number of benzene rings is 2. The van der Waals surface area contributed by atoms with Crippen LogP contribution in [-0.4, -0.2) is 29.0 Å². The van der Waals surface area contributed by atoms with Crippen LogP contribution < -0.4 is 4.90 Å². The fourth-order valence-electron chi connectivity index (χ4n) is 2.96. The zero-order valence-electron chi connectivity index (χ0n) is 15.6. The third-order valence-corrected chi connectivity index (χ3v) is 5.32. The fourth-order valence-corrected chi connectivity index (χ4v) is 3.90. The van der Waals surface area contributed by atoms with Crippen LogP contribution in [0.3, 0.4) is 0 Å². The van der Waals surface area contributed by atoms with Gasteiger partial charge in [0.25, 0.3) is 0 Å². The summed E-state index contributed by atoms with van der Waals surface area (Å²) in [5.74, 6) is -0.158. The van der Waals surface area contributed by atoms with Gasteiger partial charge in [0.2, 0.25) is 5.91 Å². The highest BCUT2D eigenvalue weighted by molar-refractivity contribution is 7.20. The van der Waals surface area contributed by atoms with Gasteiger partial charge < -0.3 is 4.74 Å². The molecular formula is C22H17N3O3S. The number of para-hydroxylation sites is 2. The number of fused-ring (bicyclic) bond motifs is 1. The van der Waals surface area contributed by atoms with Crippen molar-refractivity contribution in [3.8, 4) is 0 Å². The van der Waals surface area contributed by atoms with Crippen molar-refractivity contribution in [1.29, 1.82) is 0 Å². The third kappa shape index (κ3) is 4.00. The van der Waals surface area contributed by atoms with Crippen molar-refractivity contribution in [1.82, 2.24) is 9.97 Å². The molecule has 0 unspecified atom stereocenters. The standard InChI is InChI=1S/C22H17N3O3S/c1-28-22(27)18-12-15-14-23-19(24-21(15)29-18)13-20(26)25(16-8-4-2-5-9-16)17-10-6-3-7-11-17/h2-12,14H,13H2,1H3. The van der Waals surface area contributed by atoms with Crippen molar-refractivity contribution in [2.24, 2.45) is 0 Å². The molecule has 1 amide bonds. The lowest BCUT2D eigenvalue weighted by Crippen LogP contribution is -2.28. The van der Waals surface area contributed by atoms with Crippen LogP contribution in [0.5, 0.6) is 0 Å². The maximum atomic E-state index is 13.2. The van der Waals surface area contributed by atoms with E-state index in [2.05, 4.69) is 9.97 Å². The van der Waals surface area contributed by atoms with Crippen molar-refractivity contribution in [3.05, 3.63) is 83.6 Å². The first-order valence-electron chi connectivity index (χ1n) is 8.92. The van der Waals surface area contributed by atoms with Gasteiger partial charge in [0.1, 0.15) is 15.5 Å². The number of esters is 1. The Morgan fingerprint density at radius 1 is 1.00 bits per heavy atom. The second-order valence-corrected chi connectivity index (χ2v) is 7.26. The van der Waals surface area contributed by atoms with Crippen LogP contribution in [-0.2, 0) is 16.0 Å². The van der Waals surface area contributed by atoms with Crippen LogP contribution in [0.4, 0.5) is 11.4 Å². The number of hydrogen-bond donors (Lipinski definition) is 0. The molecule has 2 aromatic heterocycles. The predicted octanol–water partition coefficient (Wildman–Crippen LogP) is 4.39. The second-order valence-electron chi connectivity index (χ2n) is 6.23. The molecule has 0 fully saturated rings. The molecule has 0 saturated carbocycles. The Morgan fingerprint density at radius 2 is 1.62 bits per heavy atom. The van der Waals surface area contributed by atoms with Gasteiger partial charge in [0.15, 0.2) is 0 Å². The van der Waals surface area contributed by atoms with Gasteiger partial charge >= 0.3 is 5.97 Å². The number of nitrogens with zero attached hydrogens (tertiary/aromatic N) is 3. The van der Waals surface area contributed by atoms with E-state index in [1.807, 2.05) is 60.7 Å². The number of rotatable bonds is 5. The lowest BCUT2D eigenvalue weighted by molar-refractivity contribution is -0.117. The summed E-state index contributed by atoms with van der Waals surface area (Å²) in [6.45, 7) is 0. The molecule has 0 bridgehead atoms. The molecule has 7 heteroatoms. The van der Waals surface area contributed by atoms with Crippen LogP contribution >= 0.6 is 11.3 Å². The molecule has 4 aromatic rings.